The molecule has 7 heteroatoms. The SMILES string of the molecule is CCc1cccc(NC(=S)Nc2cc(S(N)(=O)=O)cc(C)c2C)c1. The van der Waals surface area contributed by atoms with E-state index in [4.69, 9.17) is 17.4 Å². The first-order valence-electron chi connectivity index (χ1n) is 7.51. The highest BCUT2D eigenvalue weighted by molar-refractivity contribution is 7.89. The van der Waals surface area contributed by atoms with Crippen LogP contribution in [0.1, 0.15) is 23.6 Å². The predicted octanol–water partition coefficient (Wildman–Crippen LogP) is 3.32. The first-order chi connectivity index (χ1) is 11.2. The van der Waals surface area contributed by atoms with Crippen molar-refractivity contribution in [3.63, 3.8) is 0 Å². The second kappa shape index (κ2) is 7.29. The number of nitrogens with two attached hydrogens (primary N) is 1. The van der Waals surface area contributed by atoms with Gasteiger partial charge in [0.2, 0.25) is 10.0 Å². The lowest BCUT2D eigenvalue weighted by Crippen LogP contribution is -2.21. The molecule has 0 aromatic heterocycles. The van der Waals surface area contributed by atoms with Crippen molar-refractivity contribution < 1.29 is 8.42 Å². The van der Waals surface area contributed by atoms with Crippen molar-refractivity contribution in [2.45, 2.75) is 32.1 Å². The van der Waals surface area contributed by atoms with Crippen LogP contribution >= 0.6 is 12.2 Å². The van der Waals surface area contributed by atoms with E-state index in [-0.39, 0.29) is 4.90 Å². The van der Waals surface area contributed by atoms with Gasteiger partial charge in [-0.15, -0.1) is 0 Å². The number of hydrogen-bond donors (Lipinski definition) is 3. The fourth-order valence-electron chi connectivity index (χ4n) is 2.27. The van der Waals surface area contributed by atoms with E-state index in [1.165, 1.54) is 11.6 Å². The number of nitrogens with one attached hydrogen (secondary N) is 2. The number of sulfonamides is 1. The van der Waals surface area contributed by atoms with Crippen molar-refractivity contribution in [2.24, 2.45) is 5.14 Å². The fourth-order valence-corrected chi connectivity index (χ4v) is 3.12. The zero-order chi connectivity index (χ0) is 17.9. The van der Waals surface area contributed by atoms with Crippen LogP contribution in [0.5, 0.6) is 0 Å². The van der Waals surface area contributed by atoms with E-state index >= 15 is 0 Å². The summed E-state index contributed by atoms with van der Waals surface area (Å²) in [6.07, 6.45) is 0.935. The summed E-state index contributed by atoms with van der Waals surface area (Å²) in [5, 5.41) is 11.8. The average molecular weight is 364 g/mol. The smallest absolute Gasteiger partial charge is 0.238 e. The molecule has 128 valence electrons. The Hall–Kier alpha value is -1.96. The van der Waals surface area contributed by atoms with Crippen LogP contribution in [-0.4, -0.2) is 13.5 Å². The summed E-state index contributed by atoms with van der Waals surface area (Å²) in [4.78, 5) is 0.0591. The van der Waals surface area contributed by atoms with Gasteiger partial charge >= 0.3 is 0 Å². The third kappa shape index (κ3) is 4.53. The van der Waals surface area contributed by atoms with E-state index in [2.05, 4.69) is 17.6 Å². The van der Waals surface area contributed by atoms with Crippen LogP contribution in [0.3, 0.4) is 0 Å². The van der Waals surface area contributed by atoms with Gasteiger partial charge in [-0.3, -0.25) is 0 Å². The van der Waals surface area contributed by atoms with Gasteiger partial charge < -0.3 is 10.6 Å². The molecule has 0 radical (unpaired) electrons. The molecular formula is C17H21N3O2S2. The summed E-state index contributed by atoms with van der Waals surface area (Å²) < 4.78 is 23.2. The Morgan fingerprint density at radius 3 is 2.50 bits per heavy atom. The molecule has 24 heavy (non-hydrogen) atoms. The van der Waals surface area contributed by atoms with E-state index in [9.17, 15) is 8.42 Å². The van der Waals surface area contributed by atoms with E-state index < -0.39 is 10.0 Å². The Balaban J connectivity index is 2.23. The Bertz CT molecular complexity index is 877. The third-order valence-electron chi connectivity index (χ3n) is 3.81. The molecule has 0 bridgehead atoms. The van der Waals surface area contributed by atoms with Crippen LogP contribution < -0.4 is 15.8 Å². The number of rotatable bonds is 4. The molecule has 0 unspecified atom stereocenters. The summed E-state index contributed by atoms with van der Waals surface area (Å²) in [6, 6.07) is 11.0. The van der Waals surface area contributed by atoms with Crippen molar-refractivity contribution in [1.82, 2.24) is 0 Å². The standard InChI is InChI=1S/C17H21N3O2S2/c1-4-13-6-5-7-14(9-13)19-17(23)20-16-10-15(24(18,21)22)8-11(2)12(16)3/h5-10H,4H2,1-3H3,(H2,18,21,22)(H2,19,20,23). The van der Waals surface area contributed by atoms with Crippen molar-refractivity contribution in [1.29, 1.82) is 0 Å². The molecule has 0 amide bonds. The molecular weight excluding hydrogens is 342 g/mol. The normalized spacial score (nSPS) is 11.2. The first-order valence-corrected chi connectivity index (χ1v) is 9.47. The van der Waals surface area contributed by atoms with Crippen LogP contribution in [0.2, 0.25) is 0 Å². The van der Waals surface area contributed by atoms with Gasteiger partial charge in [-0.25, -0.2) is 13.6 Å². The summed E-state index contributed by atoms with van der Waals surface area (Å²) in [5.74, 6) is 0. The van der Waals surface area contributed by atoms with Gasteiger partial charge in [0, 0.05) is 11.4 Å². The molecule has 0 spiro atoms. The maximum atomic E-state index is 11.6. The Morgan fingerprint density at radius 1 is 1.17 bits per heavy atom. The van der Waals surface area contributed by atoms with Gasteiger partial charge in [0.15, 0.2) is 5.11 Å². The lowest BCUT2D eigenvalue weighted by atomic mass is 10.1. The van der Waals surface area contributed by atoms with Gasteiger partial charge in [0.25, 0.3) is 0 Å². The Morgan fingerprint density at radius 2 is 1.88 bits per heavy atom. The topological polar surface area (TPSA) is 84.2 Å². The molecule has 0 aliphatic heterocycles. The van der Waals surface area contributed by atoms with Gasteiger partial charge in [-0.1, -0.05) is 19.1 Å². The molecule has 0 aliphatic carbocycles. The van der Waals surface area contributed by atoms with E-state index in [1.54, 1.807) is 6.07 Å². The number of anilines is 2. The largest absolute Gasteiger partial charge is 0.332 e. The highest BCUT2D eigenvalue weighted by Crippen LogP contribution is 2.24. The van der Waals surface area contributed by atoms with E-state index in [0.29, 0.717) is 10.8 Å². The van der Waals surface area contributed by atoms with Gasteiger partial charge in [-0.05, 0) is 73.4 Å². The molecule has 0 saturated heterocycles. The number of hydrogen-bond acceptors (Lipinski definition) is 3. The average Bonchev–Trinajstić information content (AvgIpc) is 2.50. The van der Waals surface area contributed by atoms with Gasteiger partial charge in [0.1, 0.15) is 0 Å². The zero-order valence-corrected chi connectivity index (χ0v) is 15.5. The Kier molecular flexibility index (Phi) is 5.58. The number of primary sulfonamides is 1. The molecule has 2 rings (SSSR count). The lowest BCUT2D eigenvalue weighted by Gasteiger charge is -2.15. The van der Waals surface area contributed by atoms with Crippen molar-refractivity contribution >= 4 is 38.7 Å². The van der Waals surface area contributed by atoms with E-state index in [0.717, 1.165) is 23.2 Å². The molecule has 0 atom stereocenters. The van der Waals surface area contributed by atoms with Crippen LogP contribution in [0.4, 0.5) is 11.4 Å². The third-order valence-corrected chi connectivity index (χ3v) is 4.91. The quantitative estimate of drug-likeness (QED) is 0.726. The van der Waals surface area contributed by atoms with Crippen molar-refractivity contribution in [3.05, 3.63) is 53.1 Å². The van der Waals surface area contributed by atoms with Crippen LogP contribution in [-0.2, 0) is 16.4 Å². The minimum absolute atomic E-state index is 0.0591. The molecule has 2 aromatic rings. The number of aryl methyl sites for hydroxylation is 2. The maximum Gasteiger partial charge on any atom is 0.238 e. The molecule has 0 fully saturated rings. The monoisotopic (exact) mass is 363 g/mol. The molecule has 4 N–H and O–H groups in total. The van der Waals surface area contributed by atoms with Crippen molar-refractivity contribution in [3.8, 4) is 0 Å². The summed E-state index contributed by atoms with van der Waals surface area (Å²) in [7, 11) is -3.77. The fraction of sp³-hybridized carbons (Fsp3) is 0.235. The highest BCUT2D eigenvalue weighted by atomic mass is 32.2. The predicted molar refractivity (Wildman–Crippen MR) is 103 cm³/mol. The molecule has 0 aliphatic rings. The number of thiocarbonyl (C=S) groups is 1. The van der Waals surface area contributed by atoms with E-state index in [1.807, 2.05) is 38.1 Å². The van der Waals surface area contributed by atoms with Gasteiger partial charge in [-0.2, -0.15) is 0 Å². The number of benzene rings is 2. The minimum atomic E-state index is -3.77. The summed E-state index contributed by atoms with van der Waals surface area (Å²) >= 11 is 5.33. The minimum Gasteiger partial charge on any atom is -0.332 e. The zero-order valence-electron chi connectivity index (χ0n) is 13.9. The molecule has 5 nitrogen and oxygen atoms in total. The summed E-state index contributed by atoms with van der Waals surface area (Å²) in [5.41, 5.74) is 4.42. The highest BCUT2D eigenvalue weighted by Gasteiger charge is 2.13. The Labute approximate surface area is 148 Å². The summed E-state index contributed by atoms with van der Waals surface area (Å²) in [6.45, 7) is 5.81. The lowest BCUT2D eigenvalue weighted by molar-refractivity contribution is 0.597. The van der Waals surface area contributed by atoms with Crippen LogP contribution in [0.15, 0.2) is 41.3 Å². The maximum absolute atomic E-state index is 11.6. The molecule has 0 saturated carbocycles. The van der Waals surface area contributed by atoms with Gasteiger partial charge in [0.05, 0.1) is 4.90 Å². The van der Waals surface area contributed by atoms with Crippen LogP contribution in [0, 0.1) is 13.8 Å². The molecule has 2 aromatic carbocycles. The van der Waals surface area contributed by atoms with Crippen molar-refractivity contribution in [2.75, 3.05) is 10.6 Å². The second-order valence-corrected chi connectivity index (χ2v) is 7.56. The van der Waals surface area contributed by atoms with Crippen LogP contribution in [0.25, 0.3) is 0 Å². The second-order valence-electron chi connectivity index (χ2n) is 5.59. The molecule has 0 heterocycles. The first kappa shape index (κ1) is 18.4.